The lowest BCUT2D eigenvalue weighted by Gasteiger charge is -2.09. The summed E-state index contributed by atoms with van der Waals surface area (Å²) in [6.07, 6.45) is -0.977. The van der Waals surface area contributed by atoms with Gasteiger partial charge in [-0.1, -0.05) is 23.2 Å². The van der Waals surface area contributed by atoms with Gasteiger partial charge in [-0.2, -0.15) is 0 Å². The maximum absolute atomic E-state index is 11.6. The van der Waals surface area contributed by atoms with Gasteiger partial charge < -0.3 is 15.5 Å². The molecule has 88 valence electrons. The number of rotatable bonds is 4. The summed E-state index contributed by atoms with van der Waals surface area (Å²) in [6.45, 7) is -0.442. The van der Waals surface area contributed by atoms with Crippen molar-refractivity contribution in [1.29, 1.82) is 0 Å². The van der Waals surface area contributed by atoms with Crippen molar-refractivity contribution in [3.63, 3.8) is 0 Å². The van der Waals surface area contributed by atoms with Gasteiger partial charge >= 0.3 is 0 Å². The van der Waals surface area contributed by atoms with Crippen molar-refractivity contribution in [2.45, 2.75) is 6.10 Å². The SMILES string of the molecule is O=C(NC[C@H](O)CO)c1ccc(Cl)cc1Cl. The average molecular weight is 264 g/mol. The van der Waals surface area contributed by atoms with Crippen LogP contribution in [0.5, 0.6) is 0 Å². The third kappa shape index (κ3) is 3.64. The molecule has 1 rings (SSSR count). The average Bonchev–Trinajstić information content (AvgIpc) is 2.25. The third-order valence-electron chi connectivity index (χ3n) is 1.88. The number of carbonyl (C=O) groups excluding carboxylic acids is 1. The molecule has 4 nitrogen and oxygen atoms in total. The first kappa shape index (κ1) is 13.3. The molecule has 0 saturated heterocycles. The van der Waals surface area contributed by atoms with E-state index < -0.39 is 18.6 Å². The topological polar surface area (TPSA) is 69.6 Å². The van der Waals surface area contributed by atoms with Crippen molar-refractivity contribution in [2.75, 3.05) is 13.2 Å². The fourth-order valence-corrected chi connectivity index (χ4v) is 1.54. The minimum atomic E-state index is -0.977. The van der Waals surface area contributed by atoms with Crippen molar-refractivity contribution in [3.05, 3.63) is 33.8 Å². The van der Waals surface area contributed by atoms with Crippen LogP contribution in [0.1, 0.15) is 10.4 Å². The minimum absolute atomic E-state index is 0.0334. The van der Waals surface area contributed by atoms with Crippen molar-refractivity contribution in [3.8, 4) is 0 Å². The Morgan fingerprint density at radius 2 is 2.12 bits per heavy atom. The van der Waals surface area contributed by atoms with E-state index in [0.717, 1.165) is 0 Å². The van der Waals surface area contributed by atoms with Crippen LogP contribution in [0, 0.1) is 0 Å². The smallest absolute Gasteiger partial charge is 0.252 e. The van der Waals surface area contributed by atoms with Crippen LogP contribution in [-0.2, 0) is 0 Å². The fourth-order valence-electron chi connectivity index (χ4n) is 1.04. The summed E-state index contributed by atoms with van der Waals surface area (Å²) in [6, 6.07) is 4.50. The Morgan fingerprint density at radius 3 is 2.69 bits per heavy atom. The molecular weight excluding hydrogens is 253 g/mol. The maximum Gasteiger partial charge on any atom is 0.252 e. The predicted molar refractivity (Wildman–Crippen MR) is 61.9 cm³/mol. The zero-order valence-electron chi connectivity index (χ0n) is 8.28. The second kappa shape index (κ2) is 6.06. The summed E-state index contributed by atoms with van der Waals surface area (Å²) in [5.41, 5.74) is 0.274. The van der Waals surface area contributed by atoms with Crippen molar-refractivity contribution < 1.29 is 15.0 Å². The Morgan fingerprint density at radius 1 is 1.44 bits per heavy atom. The van der Waals surface area contributed by atoms with Crippen LogP contribution < -0.4 is 5.32 Å². The number of aliphatic hydroxyl groups is 2. The van der Waals surface area contributed by atoms with Crippen LogP contribution in [0.2, 0.25) is 10.0 Å². The Balaban J connectivity index is 2.66. The summed E-state index contributed by atoms with van der Waals surface area (Å²) in [7, 11) is 0. The molecule has 16 heavy (non-hydrogen) atoms. The molecule has 1 aromatic carbocycles. The highest BCUT2D eigenvalue weighted by atomic mass is 35.5. The van der Waals surface area contributed by atoms with E-state index >= 15 is 0 Å². The van der Waals surface area contributed by atoms with Crippen LogP contribution in [0.3, 0.4) is 0 Å². The number of hydrogen-bond acceptors (Lipinski definition) is 3. The lowest BCUT2D eigenvalue weighted by atomic mass is 10.2. The van der Waals surface area contributed by atoms with Crippen molar-refractivity contribution in [2.24, 2.45) is 0 Å². The van der Waals surface area contributed by atoms with Gasteiger partial charge in [0, 0.05) is 11.6 Å². The Hall–Kier alpha value is -0.810. The summed E-state index contributed by atoms with van der Waals surface area (Å²) in [4.78, 5) is 11.6. The van der Waals surface area contributed by atoms with Gasteiger partial charge in [-0.3, -0.25) is 4.79 Å². The number of aliphatic hydroxyl groups excluding tert-OH is 2. The highest BCUT2D eigenvalue weighted by Crippen LogP contribution is 2.20. The standard InChI is InChI=1S/C10H11Cl2NO3/c11-6-1-2-8(9(12)3-6)10(16)13-4-7(15)5-14/h1-3,7,14-15H,4-5H2,(H,13,16)/t7-/m0/s1. The van der Waals surface area contributed by atoms with E-state index in [2.05, 4.69) is 5.32 Å². The molecule has 6 heteroatoms. The molecule has 0 aliphatic heterocycles. The zero-order valence-corrected chi connectivity index (χ0v) is 9.79. The first-order chi connectivity index (χ1) is 7.54. The number of halogens is 2. The van der Waals surface area contributed by atoms with Gasteiger partial charge in [-0.15, -0.1) is 0 Å². The van der Waals surface area contributed by atoms with Crippen LogP contribution in [0.4, 0.5) is 0 Å². The Kier molecular flexibility index (Phi) is 5.02. The van der Waals surface area contributed by atoms with Gasteiger partial charge in [0.1, 0.15) is 0 Å². The van der Waals surface area contributed by atoms with E-state index in [1.165, 1.54) is 12.1 Å². The molecule has 0 saturated carbocycles. The summed E-state index contributed by atoms with van der Waals surface area (Å²) in [5, 5.41) is 20.7. The number of carbonyl (C=O) groups is 1. The van der Waals surface area contributed by atoms with Crippen molar-refractivity contribution in [1.82, 2.24) is 5.32 Å². The molecule has 0 aliphatic carbocycles. The minimum Gasteiger partial charge on any atom is -0.394 e. The normalized spacial score (nSPS) is 12.2. The van der Waals surface area contributed by atoms with Crippen LogP contribution in [-0.4, -0.2) is 35.4 Å². The first-order valence-electron chi connectivity index (χ1n) is 4.56. The molecule has 0 aromatic heterocycles. The Bertz CT molecular complexity index is 384. The fraction of sp³-hybridized carbons (Fsp3) is 0.300. The van der Waals surface area contributed by atoms with Gasteiger partial charge in [0.05, 0.1) is 23.3 Å². The summed E-state index contributed by atoms with van der Waals surface area (Å²) in [5.74, 6) is -0.422. The molecule has 0 heterocycles. The largest absolute Gasteiger partial charge is 0.394 e. The van der Waals surface area contributed by atoms with E-state index in [1.807, 2.05) is 0 Å². The summed E-state index contributed by atoms with van der Waals surface area (Å²) < 4.78 is 0. The van der Waals surface area contributed by atoms with E-state index in [-0.39, 0.29) is 17.1 Å². The van der Waals surface area contributed by atoms with Crippen LogP contribution in [0.15, 0.2) is 18.2 Å². The van der Waals surface area contributed by atoms with Gasteiger partial charge in [0.2, 0.25) is 0 Å². The number of hydrogen-bond donors (Lipinski definition) is 3. The monoisotopic (exact) mass is 263 g/mol. The molecule has 1 aromatic rings. The molecule has 1 atom stereocenters. The lowest BCUT2D eigenvalue weighted by Crippen LogP contribution is -2.34. The molecule has 0 radical (unpaired) electrons. The van der Waals surface area contributed by atoms with Crippen LogP contribution >= 0.6 is 23.2 Å². The molecule has 3 N–H and O–H groups in total. The second-order valence-electron chi connectivity index (χ2n) is 3.17. The highest BCUT2D eigenvalue weighted by Gasteiger charge is 2.11. The highest BCUT2D eigenvalue weighted by molar-refractivity contribution is 6.36. The summed E-state index contributed by atoms with van der Waals surface area (Å²) >= 11 is 11.5. The molecule has 0 unspecified atom stereocenters. The molecule has 0 bridgehead atoms. The van der Waals surface area contributed by atoms with Crippen molar-refractivity contribution >= 4 is 29.1 Å². The quantitative estimate of drug-likeness (QED) is 0.762. The van der Waals surface area contributed by atoms with Gasteiger partial charge in [-0.25, -0.2) is 0 Å². The van der Waals surface area contributed by atoms with E-state index in [1.54, 1.807) is 6.07 Å². The number of amides is 1. The lowest BCUT2D eigenvalue weighted by molar-refractivity contribution is 0.0802. The maximum atomic E-state index is 11.6. The number of nitrogens with one attached hydrogen (secondary N) is 1. The van der Waals surface area contributed by atoms with Gasteiger partial charge in [0.15, 0.2) is 0 Å². The van der Waals surface area contributed by atoms with E-state index in [4.69, 9.17) is 33.4 Å². The molecular formula is C10H11Cl2NO3. The third-order valence-corrected chi connectivity index (χ3v) is 2.43. The molecule has 1 amide bonds. The molecule has 0 fully saturated rings. The first-order valence-corrected chi connectivity index (χ1v) is 5.32. The zero-order chi connectivity index (χ0) is 12.1. The van der Waals surface area contributed by atoms with Gasteiger partial charge in [-0.05, 0) is 18.2 Å². The van der Waals surface area contributed by atoms with E-state index in [9.17, 15) is 4.79 Å². The molecule has 0 aliphatic rings. The van der Waals surface area contributed by atoms with Gasteiger partial charge in [0.25, 0.3) is 5.91 Å². The van der Waals surface area contributed by atoms with E-state index in [0.29, 0.717) is 5.02 Å². The molecule has 0 spiro atoms. The van der Waals surface area contributed by atoms with Crippen LogP contribution in [0.25, 0.3) is 0 Å². The Labute approximate surface area is 103 Å². The number of benzene rings is 1. The predicted octanol–water partition coefficient (Wildman–Crippen LogP) is 1.08. The second-order valence-corrected chi connectivity index (χ2v) is 4.01.